The Morgan fingerprint density at radius 3 is 2.32 bits per heavy atom. The number of carbonyl (C=O) groups is 2. The summed E-state index contributed by atoms with van der Waals surface area (Å²) in [5, 5.41) is 13.5. The van der Waals surface area contributed by atoms with Crippen LogP contribution in [0.1, 0.15) is 41.0 Å². The average molecular weight is 353 g/mol. The Kier molecular flexibility index (Phi) is 9.00. The van der Waals surface area contributed by atoms with E-state index in [1.807, 2.05) is 34.6 Å². The highest BCUT2D eigenvalue weighted by molar-refractivity contribution is 6.20. The fraction of sp³-hybridized carbons (Fsp3) is 0.750. The first kappa shape index (κ1) is 23.3. The predicted octanol–water partition coefficient (Wildman–Crippen LogP) is -0.763. The van der Waals surface area contributed by atoms with Gasteiger partial charge in [-0.15, -0.1) is 0 Å². The zero-order valence-corrected chi connectivity index (χ0v) is 16.1. The zero-order chi connectivity index (χ0) is 19.9. The molecular weight excluding hydrogens is 321 g/mol. The Labute approximate surface area is 152 Å². The smallest absolute Gasteiger partial charge is 0.248 e. The van der Waals surface area contributed by atoms with Gasteiger partial charge < -0.3 is 26.1 Å². The van der Waals surface area contributed by atoms with Gasteiger partial charge in [-0.05, 0) is 11.0 Å². The first-order valence-electron chi connectivity index (χ1n) is 8.45. The summed E-state index contributed by atoms with van der Waals surface area (Å²) in [5.41, 5.74) is 4.86. The number of hydrogen-bond donors (Lipinski definition) is 4. The van der Waals surface area contributed by atoms with Crippen molar-refractivity contribution in [3.05, 3.63) is 11.8 Å². The third-order valence-corrected chi connectivity index (χ3v) is 3.76. The fourth-order valence-electron chi connectivity index (χ4n) is 2.82. The highest BCUT2D eigenvalue weighted by atomic mass is 16.3. The second kappa shape index (κ2) is 9.67. The van der Waals surface area contributed by atoms with Crippen LogP contribution in [0.15, 0.2) is 11.8 Å². The summed E-state index contributed by atoms with van der Waals surface area (Å²) in [4.78, 5) is 26.3. The molecule has 0 bridgehead atoms. The Hall–Kier alpha value is -1.74. The standard InChI is InChI=1S/C14H26BN5O3.C2H6/c1-14(2,3)11(20(17)7-10(15)16)13(23)19-6-8(21)5-9(19)12(22)18-4;1-2/h7-9,11,21H,5-6,16-17H2,1-4H3,(H,18,22);1-2H3/b10-7-;. The molecule has 2 amide bonds. The van der Waals surface area contributed by atoms with Gasteiger partial charge in [0.25, 0.3) is 0 Å². The molecule has 1 heterocycles. The van der Waals surface area contributed by atoms with Gasteiger partial charge in [-0.1, -0.05) is 34.6 Å². The molecule has 1 rings (SSSR count). The van der Waals surface area contributed by atoms with E-state index in [2.05, 4.69) is 5.32 Å². The van der Waals surface area contributed by atoms with Crippen LogP contribution in [0.5, 0.6) is 0 Å². The van der Waals surface area contributed by atoms with Crippen LogP contribution in [0.3, 0.4) is 0 Å². The SMILES string of the molecule is CC.[B]/C(N)=C/N(N)C(C(=O)N1CC(O)CC1C(=O)NC)C(C)(C)C. The maximum absolute atomic E-state index is 13.0. The lowest BCUT2D eigenvalue weighted by Crippen LogP contribution is -2.58. The highest BCUT2D eigenvalue weighted by Crippen LogP contribution is 2.28. The second-order valence-corrected chi connectivity index (χ2v) is 6.86. The maximum Gasteiger partial charge on any atom is 0.248 e. The number of nitrogens with one attached hydrogen (secondary N) is 1. The Balaban J connectivity index is 0.00000277. The molecule has 0 aromatic heterocycles. The van der Waals surface area contributed by atoms with E-state index in [-0.39, 0.29) is 30.4 Å². The fourth-order valence-corrected chi connectivity index (χ4v) is 2.82. The van der Waals surface area contributed by atoms with Crippen molar-refractivity contribution in [3.8, 4) is 0 Å². The molecule has 1 aliphatic rings. The number of rotatable bonds is 4. The topological polar surface area (TPSA) is 125 Å². The molecule has 6 N–H and O–H groups in total. The number of likely N-dealkylation sites (tertiary alicyclic amines) is 1. The van der Waals surface area contributed by atoms with E-state index in [0.717, 1.165) is 5.01 Å². The van der Waals surface area contributed by atoms with E-state index in [1.165, 1.54) is 18.1 Å². The number of hydrazine groups is 1. The van der Waals surface area contributed by atoms with Gasteiger partial charge in [0.2, 0.25) is 11.8 Å². The molecule has 0 saturated carbocycles. The molecule has 1 saturated heterocycles. The molecule has 2 radical (unpaired) electrons. The van der Waals surface area contributed by atoms with Gasteiger partial charge in [-0.3, -0.25) is 9.59 Å². The lowest BCUT2D eigenvalue weighted by atomic mass is 9.85. The summed E-state index contributed by atoms with van der Waals surface area (Å²) >= 11 is 0. The summed E-state index contributed by atoms with van der Waals surface area (Å²) in [6.45, 7) is 9.62. The van der Waals surface area contributed by atoms with Gasteiger partial charge in [0, 0.05) is 26.2 Å². The summed E-state index contributed by atoms with van der Waals surface area (Å²) in [5.74, 6) is 5.27. The van der Waals surface area contributed by atoms with Crippen molar-refractivity contribution in [2.45, 2.75) is 59.2 Å². The molecule has 1 fully saturated rings. The zero-order valence-electron chi connectivity index (χ0n) is 16.1. The molecule has 8 nitrogen and oxygen atoms in total. The van der Waals surface area contributed by atoms with Gasteiger partial charge in [-0.2, -0.15) is 0 Å². The van der Waals surface area contributed by atoms with Crippen LogP contribution in [0.25, 0.3) is 0 Å². The van der Waals surface area contributed by atoms with Gasteiger partial charge in [0.1, 0.15) is 19.9 Å². The minimum absolute atomic E-state index is 0.0288. The molecule has 0 spiro atoms. The van der Waals surface area contributed by atoms with Crippen molar-refractivity contribution in [1.82, 2.24) is 15.2 Å². The van der Waals surface area contributed by atoms with E-state index in [1.54, 1.807) is 0 Å². The molecule has 0 aliphatic carbocycles. The Morgan fingerprint density at radius 2 is 1.92 bits per heavy atom. The van der Waals surface area contributed by atoms with Crippen molar-refractivity contribution in [1.29, 1.82) is 0 Å². The number of nitrogens with two attached hydrogens (primary N) is 2. The molecule has 0 aromatic carbocycles. The minimum Gasteiger partial charge on any atom is -0.409 e. The molecule has 3 unspecified atom stereocenters. The van der Waals surface area contributed by atoms with Crippen LogP contribution in [0.4, 0.5) is 0 Å². The van der Waals surface area contributed by atoms with Gasteiger partial charge in [0.15, 0.2) is 0 Å². The van der Waals surface area contributed by atoms with Crippen LogP contribution in [0, 0.1) is 5.41 Å². The Bertz CT molecular complexity index is 489. The third kappa shape index (κ3) is 6.24. The Morgan fingerprint density at radius 1 is 1.40 bits per heavy atom. The maximum atomic E-state index is 13.0. The van der Waals surface area contributed by atoms with E-state index >= 15 is 0 Å². The van der Waals surface area contributed by atoms with Crippen molar-refractivity contribution < 1.29 is 14.7 Å². The van der Waals surface area contributed by atoms with Crippen molar-refractivity contribution in [2.75, 3.05) is 13.6 Å². The first-order chi connectivity index (χ1) is 11.5. The summed E-state index contributed by atoms with van der Waals surface area (Å²) < 4.78 is 0. The van der Waals surface area contributed by atoms with Crippen LogP contribution in [-0.2, 0) is 9.59 Å². The molecule has 142 valence electrons. The molecule has 0 aromatic rings. The molecule has 3 atom stereocenters. The number of amides is 2. The lowest BCUT2D eigenvalue weighted by molar-refractivity contribution is -0.145. The van der Waals surface area contributed by atoms with Crippen LogP contribution in [-0.4, -0.2) is 66.5 Å². The van der Waals surface area contributed by atoms with Crippen molar-refractivity contribution in [2.24, 2.45) is 17.0 Å². The van der Waals surface area contributed by atoms with E-state index in [9.17, 15) is 14.7 Å². The van der Waals surface area contributed by atoms with E-state index in [0.29, 0.717) is 0 Å². The summed E-state index contributed by atoms with van der Waals surface area (Å²) in [6.07, 6.45) is 0.722. The monoisotopic (exact) mass is 353 g/mol. The number of hydrogen-bond acceptors (Lipinski definition) is 6. The molecule has 9 heteroatoms. The normalized spacial score (nSPS) is 21.9. The summed E-state index contributed by atoms with van der Waals surface area (Å²) in [7, 11) is 6.93. The van der Waals surface area contributed by atoms with Gasteiger partial charge in [0.05, 0.1) is 6.10 Å². The number of aliphatic hydroxyl groups excluding tert-OH is 1. The van der Waals surface area contributed by atoms with Crippen LogP contribution >= 0.6 is 0 Å². The summed E-state index contributed by atoms with van der Waals surface area (Å²) in [6, 6.07) is -1.51. The second-order valence-electron chi connectivity index (χ2n) is 6.86. The molecule has 25 heavy (non-hydrogen) atoms. The highest BCUT2D eigenvalue weighted by Gasteiger charge is 2.45. The number of β-amino-alcohol motifs (C(OH)–C–C–N with tert-alkyl or cyclic N) is 1. The quantitative estimate of drug-likeness (QED) is 0.299. The number of aliphatic hydroxyl groups is 1. The van der Waals surface area contributed by atoms with Crippen molar-refractivity contribution in [3.63, 3.8) is 0 Å². The average Bonchev–Trinajstić information content (AvgIpc) is 2.88. The lowest BCUT2D eigenvalue weighted by Gasteiger charge is -2.39. The number of likely N-dealkylation sites (N-methyl/N-ethyl adjacent to an activating group) is 1. The molecular formula is C16H32BN5O3. The first-order valence-corrected chi connectivity index (χ1v) is 8.45. The largest absolute Gasteiger partial charge is 0.409 e. The third-order valence-electron chi connectivity index (χ3n) is 3.76. The van der Waals surface area contributed by atoms with Gasteiger partial charge in [-0.25, -0.2) is 5.84 Å². The van der Waals surface area contributed by atoms with Crippen LogP contribution < -0.4 is 16.9 Å². The van der Waals surface area contributed by atoms with Crippen molar-refractivity contribution >= 4 is 19.7 Å². The molecule has 1 aliphatic heterocycles. The minimum atomic E-state index is -0.790. The van der Waals surface area contributed by atoms with E-state index < -0.39 is 23.6 Å². The van der Waals surface area contributed by atoms with Gasteiger partial charge >= 0.3 is 0 Å². The number of nitrogens with zero attached hydrogens (tertiary/aromatic N) is 2. The van der Waals surface area contributed by atoms with Crippen LogP contribution in [0.2, 0.25) is 0 Å². The number of carbonyl (C=O) groups excluding carboxylic acids is 2. The van der Waals surface area contributed by atoms with E-state index in [4.69, 9.17) is 19.4 Å². The predicted molar refractivity (Wildman–Crippen MR) is 98.8 cm³/mol.